The largest absolute Gasteiger partial charge is 0.507 e. The first kappa shape index (κ1) is 18.4. The molecule has 4 N–H and O–H groups in total. The van der Waals surface area contributed by atoms with Crippen LogP contribution in [-0.2, 0) is 11.3 Å². The summed E-state index contributed by atoms with van der Waals surface area (Å²) in [5, 5.41) is 13.1. The first-order valence-electron chi connectivity index (χ1n) is 7.91. The lowest BCUT2D eigenvalue weighted by atomic mass is 10.2. The van der Waals surface area contributed by atoms with Crippen LogP contribution in [0.3, 0.4) is 0 Å². The van der Waals surface area contributed by atoms with Gasteiger partial charge in [0.15, 0.2) is 12.4 Å². The second kappa shape index (κ2) is 7.88. The van der Waals surface area contributed by atoms with Gasteiger partial charge in [-0.2, -0.15) is 15.0 Å². The number of aromatic hydroxyl groups is 1. The molecule has 0 aliphatic heterocycles. The van der Waals surface area contributed by atoms with Crippen molar-refractivity contribution in [3.63, 3.8) is 0 Å². The number of carbonyl (C=O) groups excluding carboxylic acids is 1. The highest BCUT2D eigenvalue weighted by molar-refractivity contribution is 6.31. The van der Waals surface area contributed by atoms with E-state index in [4.69, 9.17) is 22.1 Å². The molecular weight excluding hydrogens is 370 g/mol. The number of phenols is 1. The summed E-state index contributed by atoms with van der Waals surface area (Å²) in [5.74, 6) is -0.622. The zero-order valence-corrected chi connectivity index (χ0v) is 15.1. The van der Waals surface area contributed by atoms with E-state index < -0.39 is 5.97 Å². The van der Waals surface area contributed by atoms with Crippen molar-refractivity contribution in [3.8, 4) is 5.75 Å². The third kappa shape index (κ3) is 4.62. The second-order valence-corrected chi connectivity index (χ2v) is 6.05. The molecule has 0 atom stereocenters. The molecule has 138 valence electrons. The van der Waals surface area contributed by atoms with Gasteiger partial charge in [0.05, 0.1) is 0 Å². The monoisotopic (exact) mass is 385 g/mol. The van der Waals surface area contributed by atoms with Gasteiger partial charge in [-0.25, -0.2) is 4.79 Å². The normalized spacial score (nSPS) is 10.4. The Morgan fingerprint density at radius 2 is 2.00 bits per heavy atom. The lowest BCUT2D eigenvalue weighted by Crippen LogP contribution is -2.11. The zero-order valence-electron chi connectivity index (χ0n) is 14.3. The number of aryl methyl sites for hydroxylation is 1. The highest BCUT2D eigenvalue weighted by Gasteiger charge is 2.15. The van der Waals surface area contributed by atoms with Crippen LogP contribution in [0.15, 0.2) is 42.5 Å². The Labute approximate surface area is 160 Å². The Morgan fingerprint density at radius 3 is 2.78 bits per heavy atom. The van der Waals surface area contributed by atoms with Crippen molar-refractivity contribution >= 4 is 35.2 Å². The fraction of sp³-hybridized carbons (Fsp3) is 0.111. The van der Waals surface area contributed by atoms with Crippen LogP contribution in [-0.4, -0.2) is 26.0 Å². The quantitative estimate of drug-likeness (QED) is 0.572. The molecule has 0 saturated carbocycles. The van der Waals surface area contributed by atoms with Crippen LogP contribution in [0.4, 0.5) is 17.6 Å². The number of aromatic nitrogens is 3. The van der Waals surface area contributed by atoms with E-state index in [1.807, 2.05) is 31.2 Å². The topological polar surface area (TPSA) is 123 Å². The zero-order chi connectivity index (χ0) is 19.4. The van der Waals surface area contributed by atoms with Gasteiger partial charge < -0.3 is 20.9 Å². The van der Waals surface area contributed by atoms with Gasteiger partial charge >= 0.3 is 5.97 Å². The van der Waals surface area contributed by atoms with Crippen molar-refractivity contribution in [1.29, 1.82) is 0 Å². The first-order chi connectivity index (χ1) is 12.9. The van der Waals surface area contributed by atoms with Gasteiger partial charge in [0.2, 0.25) is 11.9 Å². The van der Waals surface area contributed by atoms with Crippen molar-refractivity contribution in [3.05, 3.63) is 64.4 Å². The molecule has 1 heterocycles. The number of ether oxygens (including phenoxy) is 1. The maximum Gasteiger partial charge on any atom is 0.342 e. The summed E-state index contributed by atoms with van der Waals surface area (Å²) >= 11 is 5.83. The standard InChI is InChI=1S/C18H16ClN5O3/c1-10-4-2-3-5-13(10)21-18-23-15(22-17(20)24-18)9-27-16(26)12-8-11(19)6-7-14(12)25/h2-8,25H,9H2,1H3,(H3,20,21,22,23,24). The minimum absolute atomic E-state index is 0.0160. The number of nitrogens with zero attached hydrogens (tertiary/aromatic N) is 3. The van der Waals surface area contributed by atoms with Crippen LogP contribution in [0, 0.1) is 6.92 Å². The Kier molecular flexibility index (Phi) is 5.37. The Hall–Kier alpha value is -3.39. The van der Waals surface area contributed by atoms with E-state index in [1.54, 1.807) is 0 Å². The van der Waals surface area contributed by atoms with Crippen LogP contribution >= 0.6 is 11.6 Å². The maximum absolute atomic E-state index is 12.1. The molecule has 0 fully saturated rings. The van der Waals surface area contributed by atoms with Gasteiger partial charge in [-0.3, -0.25) is 0 Å². The van der Waals surface area contributed by atoms with Gasteiger partial charge in [-0.15, -0.1) is 0 Å². The number of nitrogen functional groups attached to an aromatic ring is 1. The predicted molar refractivity (Wildman–Crippen MR) is 101 cm³/mol. The number of esters is 1. The van der Waals surface area contributed by atoms with Crippen LogP contribution in [0.5, 0.6) is 5.75 Å². The summed E-state index contributed by atoms with van der Waals surface area (Å²) in [6.07, 6.45) is 0. The molecule has 27 heavy (non-hydrogen) atoms. The number of benzene rings is 2. The molecule has 0 amide bonds. The van der Waals surface area contributed by atoms with Crippen LogP contribution in [0.25, 0.3) is 0 Å². The van der Waals surface area contributed by atoms with E-state index in [-0.39, 0.29) is 35.6 Å². The molecule has 0 unspecified atom stereocenters. The van der Waals surface area contributed by atoms with E-state index in [2.05, 4.69) is 20.3 Å². The molecule has 0 saturated heterocycles. The number of hydrogen-bond donors (Lipinski definition) is 3. The summed E-state index contributed by atoms with van der Waals surface area (Å²) in [7, 11) is 0. The molecular formula is C18H16ClN5O3. The number of anilines is 3. The number of para-hydroxylation sites is 1. The van der Waals surface area contributed by atoms with Crippen LogP contribution in [0.1, 0.15) is 21.7 Å². The number of halogens is 1. The number of carbonyl (C=O) groups is 1. The highest BCUT2D eigenvalue weighted by Crippen LogP contribution is 2.23. The van der Waals surface area contributed by atoms with Gasteiger partial charge in [-0.05, 0) is 36.8 Å². The van der Waals surface area contributed by atoms with E-state index >= 15 is 0 Å². The number of nitrogens with one attached hydrogen (secondary N) is 1. The average Bonchev–Trinajstić information content (AvgIpc) is 2.63. The van der Waals surface area contributed by atoms with Gasteiger partial charge in [0.1, 0.15) is 11.3 Å². The summed E-state index contributed by atoms with van der Waals surface area (Å²) < 4.78 is 5.14. The molecule has 0 aliphatic carbocycles. The van der Waals surface area contributed by atoms with E-state index in [0.29, 0.717) is 5.02 Å². The van der Waals surface area contributed by atoms with Crippen molar-refractivity contribution in [2.24, 2.45) is 0 Å². The van der Waals surface area contributed by atoms with Crippen molar-refractivity contribution in [2.45, 2.75) is 13.5 Å². The second-order valence-electron chi connectivity index (χ2n) is 5.61. The maximum atomic E-state index is 12.1. The fourth-order valence-corrected chi connectivity index (χ4v) is 2.44. The van der Waals surface area contributed by atoms with Gasteiger partial charge in [0.25, 0.3) is 0 Å². The number of phenolic OH excluding ortho intramolecular Hbond substituents is 1. The Balaban J connectivity index is 1.74. The lowest BCUT2D eigenvalue weighted by molar-refractivity contribution is 0.0459. The number of hydrogen-bond acceptors (Lipinski definition) is 8. The summed E-state index contributed by atoms with van der Waals surface area (Å²) in [6.45, 7) is 1.69. The molecule has 3 aromatic rings. The van der Waals surface area contributed by atoms with E-state index in [1.165, 1.54) is 18.2 Å². The van der Waals surface area contributed by atoms with Crippen molar-refractivity contribution in [2.75, 3.05) is 11.1 Å². The first-order valence-corrected chi connectivity index (χ1v) is 8.29. The molecule has 0 aliphatic rings. The molecule has 1 aromatic heterocycles. The smallest absolute Gasteiger partial charge is 0.342 e. The molecule has 3 rings (SSSR count). The fourth-order valence-electron chi connectivity index (χ4n) is 2.27. The molecule has 2 aromatic carbocycles. The lowest BCUT2D eigenvalue weighted by Gasteiger charge is -2.10. The van der Waals surface area contributed by atoms with E-state index in [9.17, 15) is 9.90 Å². The number of nitrogens with two attached hydrogens (primary N) is 1. The summed E-state index contributed by atoms with van der Waals surface area (Å²) in [5.41, 5.74) is 7.48. The number of rotatable bonds is 5. The van der Waals surface area contributed by atoms with Crippen LogP contribution < -0.4 is 11.1 Å². The van der Waals surface area contributed by atoms with Gasteiger partial charge in [-0.1, -0.05) is 29.8 Å². The molecule has 9 heteroatoms. The van der Waals surface area contributed by atoms with Crippen molar-refractivity contribution < 1.29 is 14.6 Å². The molecule has 0 bridgehead atoms. The molecule has 8 nitrogen and oxygen atoms in total. The van der Waals surface area contributed by atoms with Crippen molar-refractivity contribution in [1.82, 2.24) is 15.0 Å². The van der Waals surface area contributed by atoms with Crippen LogP contribution in [0.2, 0.25) is 5.02 Å². The SMILES string of the molecule is Cc1ccccc1Nc1nc(N)nc(COC(=O)c2cc(Cl)ccc2O)n1. The predicted octanol–water partition coefficient (Wildman–Crippen LogP) is 3.22. The van der Waals surface area contributed by atoms with Gasteiger partial charge in [0, 0.05) is 10.7 Å². The minimum Gasteiger partial charge on any atom is -0.507 e. The van der Waals surface area contributed by atoms with E-state index in [0.717, 1.165) is 11.3 Å². The molecule has 0 radical (unpaired) electrons. The molecule has 0 spiro atoms. The third-order valence-electron chi connectivity index (χ3n) is 3.60. The third-order valence-corrected chi connectivity index (χ3v) is 3.84. The highest BCUT2D eigenvalue weighted by atomic mass is 35.5. The summed E-state index contributed by atoms with van der Waals surface area (Å²) in [6, 6.07) is 11.7. The summed E-state index contributed by atoms with van der Waals surface area (Å²) in [4.78, 5) is 24.3. The Morgan fingerprint density at radius 1 is 1.22 bits per heavy atom. The minimum atomic E-state index is -0.762. The Bertz CT molecular complexity index is 996. The average molecular weight is 386 g/mol.